The number of rotatable bonds is 14. The SMILES string of the molecule is CCCCC/C=C(/CI)CC/C=C(/C)COCCCN(C)C. The van der Waals surface area contributed by atoms with Crippen LogP contribution in [0.25, 0.3) is 0 Å². The summed E-state index contributed by atoms with van der Waals surface area (Å²) in [6, 6.07) is 0. The zero-order valence-corrected chi connectivity index (χ0v) is 17.3. The molecule has 0 aliphatic carbocycles. The van der Waals surface area contributed by atoms with E-state index in [9.17, 15) is 0 Å². The summed E-state index contributed by atoms with van der Waals surface area (Å²) in [7, 11) is 4.21. The van der Waals surface area contributed by atoms with Crippen molar-refractivity contribution in [2.45, 2.75) is 58.8 Å². The van der Waals surface area contributed by atoms with Crippen LogP contribution in [0.2, 0.25) is 0 Å². The molecule has 0 fully saturated rings. The summed E-state index contributed by atoms with van der Waals surface area (Å²) < 4.78 is 6.87. The molecule has 130 valence electrons. The average Bonchev–Trinajstić information content (AvgIpc) is 2.49. The first-order valence-electron chi connectivity index (χ1n) is 8.72. The summed E-state index contributed by atoms with van der Waals surface area (Å²) in [4.78, 5) is 2.20. The highest BCUT2D eigenvalue weighted by molar-refractivity contribution is 14.1. The molecule has 22 heavy (non-hydrogen) atoms. The van der Waals surface area contributed by atoms with E-state index in [0.717, 1.165) is 37.0 Å². The minimum Gasteiger partial charge on any atom is -0.377 e. The van der Waals surface area contributed by atoms with E-state index in [1.807, 2.05) is 0 Å². The number of halogens is 1. The molecule has 0 aromatic carbocycles. The summed E-state index contributed by atoms with van der Waals surface area (Å²) in [5, 5.41) is 0. The predicted molar refractivity (Wildman–Crippen MR) is 108 cm³/mol. The summed E-state index contributed by atoms with van der Waals surface area (Å²) in [5.74, 6) is 0. The molecule has 0 bridgehead atoms. The molecule has 0 rings (SSSR count). The van der Waals surface area contributed by atoms with Gasteiger partial charge in [0.2, 0.25) is 0 Å². The van der Waals surface area contributed by atoms with Crippen LogP contribution in [0.3, 0.4) is 0 Å². The molecule has 0 N–H and O–H groups in total. The topological polar surface area (TPSA) is 12.5 Å². The van der Waals surface area contributed by atoms with Crippen molar-refractivity contribution >= 4 is 22.6 Å². The van der Waals surface area contributed by atoms with Gasteiger partial charge in [-0.1, -0.05) is 65.7 Å². The van der Waals surface area contributed by atoms with Gasteiger partial charge in [0.15, 0.2) is 0 Å². The molecule has 0 aliphatic heterocycles. The molecule has 0 spiro atoms. The number of nitrogens with zero attached hydrogens (tertiary/aromatic N) is 1. The number of ether oxygens (including phenoxy) is 1. The normalized spacial score (nSPS) is 13.2. The van der Waals surface area contributed by atoms with Gasteiger partial charge < -0.3 is 9.64 Å². The van der Waals surface area contributed by atoms with Gasteiger partial charge >= 0.3 is 0 Å². The van der Waals surface area contributed by atoms with Crippen LogP contribution in [-0.4, -0.2) is 43.2 Å². The summed E-state index contributed by atoms with van der Waals surface area (Å²) >= 11 is 2.49. The third-order valence-electron chi connectivity index (χ3n) is 3.59. The van der Waals surface area contributed by atoms with E-state index in [2.05, 4.69) is 67.6 Å². The zero-order chi connectivity index (χ0) is 16.6. The Balaban J connectivity index is 3.78. The number of unbranched alkanes of at least 4 members (excludes halogenated alkanes) is 3. The van der Waals surface area contributed by atoms with Gasteiger partial charge in [0.1, 0.15) is 0 Å². The molecular weight excluding hydrogens is 385 g/mol. The third kappa shape index (κ3) is 15.0. The lowest BCUT2D eigenvalue weighted by atomic mass is 10.1. The van der Waals surface area contributed by atoms with Crippen LogP contribution < -0.4 is 0 Å². The Labute approximate surface area is 152 Å². The van der Waals surface area contributed by atoms with Crippen molar-refractivity contribution in [2.24, 2.45) is 0 Å². The van der Waals surface area contributed by atoms with Crippen molar-refractivity contribution in [3.05, 3.63) is 23.3 Å². The summed E-state index contributed by atoms with van der Waals surface area (Å²) in [5.41, 5.74) is 2.97. The van der Waals surface area contributed by atoms with Crippen LogP contribution >= 0.6 is 22.6 Å². The molecule has 0 aliphatic rings. The highest BCUT2D eigenvalue weighted by Gasteiger charge is 1.97. The first kappa shape index (κ1) is 22.1. The zero-order valence-electron chi connectivity index (χ0n) is 15.2. The highest BCUT2D eigenvalue weighted by Crippen LogP contribution is 2.13. The number of hydrogen-bond acceptors (Lipinski definition) is 2. The minimum absolute atomic E-state index is 0.785. The first-order chi connectivity index (χ1) is 10.6. The van der Waals surface area contributed by atoms with Crippen molar-refractivity contribution in [1.29, 1.82) is 0 Å². The van der Waals surface area contributed by atoms with E-state index >= 15 is 0 Å². The minimum atomic E-state index is 0.785. The summed E-state index contributed by atoms with van der Waals surface area (Å²) in [6.07, 6.45) is 13.5. The molecule has 3 heteroatoms. The van der Waals surface area contributed by atoms with Crippen LogP contribution in [0.15, 0.2) is 23.3 Å². The van der Waals surface area contributed by atoms with E-state index < -0.39 is 0 Å². The fourth-order valence-corrected chi connectivity index (χ4v) is 2.90. The quantitative estimate of drug-likeness (QED) is 0.156. The Bertz CT molecular complexity index is 311. The molecule has 0 saturated heterocycles. The fraction of sp³-hybridized carbons (Fsp3) is 0.789. The van der Waals surface area contributed by atoms with Gasteiger partial charge in [-0.3, -0.25) is 0 Å². The van der Waals surface area contributed by atoms with Gasteiger partial charge in [-0.15, -0.1) is 0 Å². The smallest absolute Gasteiger partial charge is 0.0674 e. The highest BCUT2D eigenvalue weighted by atomic mass is 127. The van der Waals surface area contributed by atoms with Crippen LogP contribution in [0.5, 0.6) is 0 Å². The lowest BCUT2D eigenvalue weighted by Crippen LogP contribution is -2.15. The third-order valence-corrected chi connectivity index (χ3v) is 4.57. The van der Waals surface area contributed by atoms with Crippen molar-refractivity contribution < 1.29 is 4.74 Å². The van der Waals surface area contributed by atoms with Gasteiger partial charge in [0, 0.05) is 11.0 Å². The van der Waals surface area contributed by atoms with Gasteiger partial charge in [0.25, 0.3) is 0 Å². The molecule has 2 nitrogen and oxygen atoms in total. The van der Waals surface area contributed by atoms with E-state index in [1.54, 1.807) is 5.57 Å². The lowest BCUT2D eigenvalue weighted by molar-refractivity contribution is 0.146. The fourth-order valence-electron chi connectivity index (χ4n) is 2.20. The van der Waals surface area contributed by atoms with E-state index in [0.29, 0.717) is 0 Å². The molecule has 0 aromatic heterocycles. The largest absolute Gasteiger partial charge is 0.377 e. The second-order valence-corrected chi connectivity index (χ2v) is 7.05. The van der Waals surface area contributed by atoms with Crippen molar-refractivity contribution in [2.75, 3.05) is 38.3 Å². The molecule has 0 amide bonds. The maximum absolute atomic E-state index is 5.71. The first-order valence-corrected chi connectivity index (χ1v) is 10.2. The van der Waals surface area contributed by atoms with Gasteiger partial charge in [-0.2, -0.15) is 0 Å². The Hall–Kier alpha value is 0.130. The van der Waals surface area contributed by atoms with Crippen LogP contribution in [0, 0.1) is 0 Å². The second-order valence-electron chi connectivity index (χ2n) is 6.29. The Morgan fingerprint density at radius 1 is 1.09 bits per heavy atom. The van der Waals surface area contributed by atoms with E-state index in [1.165, 1.54) is 37.7 Å². The Morgan fingerprint density at radius 2 is 1.86 bits per heavy atom. The molecule has 0 unspecified atom stereocenters. The van der Waals surface area contributed by atoms with Crippen molar-refractivity contribution in [3.63, 3.8) is 0 Å². The monoisotopic (exact) mass is 421 g/mol. The second kappa shape index (κ2) is 16.0. The van der Waals surface area contributed by atoms with Gasteiger partial charge in [-0.25, -0.2) is 0 Å². The maximum atomic E-state index is 5.71. The summed E-state index contributed by atoms with van der Waals surface area (Å²) in [6.45, 7) is 7.19. The Kier molecular flexibility index (Phi) is 16.1. The number of hydrogen-bond donors (Lipinski definition) is 0. The van der Waals surface area contributed by atoms with Crippen LogP contribution in [0.4, 0.5) is 0 Å². The predicted octanol–water partition coefficient (Wildman–Crippen LogP) is 5.62. The Morgan fingerprint density at radius 3 is 2.50 bits per heavy atom. The molecule has 0 atom stereocenters. The molecule has 0 radical (unpaired) electrons. The number of alkyl halides is 1. The molecule has 0 aromatic rings. The number of allylic oxidation sites excluding steroid dienone is 3. The van der Waals surface area contributed by atoms with Crippen molar-refractivity contribution in [1.82, 2.24) is 4.90 Å². The average molecular weight is 421 g/mol. The van der Waals surface area contributed by atoms with E-state index in [4.69, 9.17) is 4.74 Å². The van der Waals surface area contributed by atoms with Crippen molar-refractivity contribution in [3.8, 4) is 0 Å². The van der Waals surface area contributed by atoms with E-state index in [-0.39, 0.29) is 0 Å². The molecule has 0 saturated carbocycles. The standard InChI is InChI=1S/C19H36INO/c1-5-6-7-8-12-19(16-20)13-9-11-18(2)17-22-15-10-14-21(3)4/h11-12H,5-10,13-17H2,1-4H3/b18-11-,19-12+. The van der Waals surface area contributed by atoms with Gasteiger partial charge in [-0.05, 0) is 59.7 Å². The van der Waals surface area contributed by atoms with Gasteiger partial charge in [0.05, 0.1) is 6.61 Å². The van der Waals surface area contributed by atoms with Crippen LogP contribution in [0.1, 0.15) is 58.8 Å². The maximum Gasteiger partial charge on any atom is 0.0674 e. The molecular formula is C19H36INO. The molecule has 0 heterocycles. The van der Waals surface area contributed by atoms with Crippen LogP contribution in [-0.2, 0) is 4.74 Å². The lowest BCUT2D eigenvalue weighted by Gasteiger charge is -2.09.